The summed E-state index contributed by atoms with van der Waals surface area (Å²) < 4.78 is 0. The van der Waals surface area contributed by atoms with E-state index in [1.54, 1.807) is 0 Å². The molecule has 1 N–H and O–H groups in total. The summed E-state index contributed by atoms with van der Waals surface area (Å²) in [6, 6.07) is 11.5. The van der Waals surface area contributed by atoms with Crippen LogP contribution in [0.15, 0.2) is 30.3 Å². The van der Waals surface area contributed by atoms with Gasteiger partial charge in [0, 0.05) is 6.04 Å². The van der Waals surface area contributed by atoms with Crippen LogP contribution in [0.1, 0.15) is 63.5 Å². The third-order valence-electron chi connectivity index (χ3n) is 4.54. The Morgan fingerprint density at radius 3 is 2.52 bits per heavy atom. The fourth-order valence-electron chi connectivity index (χ4n) is 3.24. The van der Waals surface area contributed by atoms with Crippen molar-refractivity contribution >= 4 is 0 Å². The number of likely N-dealkylation sites (tertiary alicyclic amines) is 1. The number of benzene rings is 1. The van der Waals surface area contributed by atoms with E-state index in [4.69, 9.17) is 0 Å². The van der Waals surface area contributed by atoms with Gasteiger partial charge in [-0.3, -0.25) is 0 Å². The van der Waals surface area contributed by atoms with Crippen LogP contribution in [0.2, 0.25) is 0 Å². The quantitative estimate of drug-likeness (QED) is 0.678. The first-order valence-electron chi connectivity index (χ1n) is 8.91. The monoisotopic (exact) mass is 288 g/mol. The van der Waals surface area contributed by atoms with Crippen molar-refractivity contribution in [3.63, 3.8) is 0 Å². The Kier molecular flexibility index (Phi) is 7.83. The van der Waals surface area contributed by atoms with E-state index in [0.717, 1.165) is 6.54 Å². The Bertz CT molecular complexity index is 357. The van der Waals surface area contributed by atoms with Crippen molar-refractivity contribution in [2.24, 2.45) is 0 Å². The van der Waals surface area contributed by atoms with E-state index in [-0.39, 0.29) is 0 Å². The molecule has 0 bridgehead atoms. The topological polar surface area (TPSA) is 15.3 Å². The predicted molar refractivity (Wildman–Crippen MR) is 91.6 cm³/mol. The van der Waals surface area contributed by atoms with Gasteiger partial charge in [-0.15, -0.1) is 0 Å². The van der Waals surface area contributed by atoms with Gasteiger partial charge < -0.3 is 10.2 Å². The molecule has 1 atom stereocenters. The fourth-order valence-corrected chi connectivity index (χ4v) is 3.24. The van der Waals surface area contributed by atoms with Gasteiger partial charge in [-0.2, -0.15) is 0 Å². The average Bonchev–Trinajstić information content (AvgIpc) is 2.56. The Morgan fingerprint density at radius 2 is 1.81 bits per heavy atom. The maximum atomic E-state index is 3.78. The number of hydrogen-bond acceptors (Lipinski definition) is 2. The van der Waals surface area contributed by atoms with Crippen LogP contribution in [-0.2, 0) is 0 Å². The highest BCUT2D eigenvalue weighted by atomic mass is 15.1. The molecular weight excluding hydrogens is 256 g/mol. The molecule has 1 aliphatic rings. The smallest absolute Gasteiger partial charge is 0.0320 e. The second kappa shape index (κ2) is 9.97. The zero-order valence-corrected chi connectivity index (χ0v) is 13.7. The van der Waals surface area contributed by atoms with Gasteiger partial charge in [0.1, 0.15) is 0 Å². The lowest BCUT2D eigenvalue weighted by molar-refractivity contribution is 0.224. The lowest BCUT2D eigenvalue weighted by Crippen LogP contribution is -2.32. The molecule has 1 aliphatic heterocycles. The molecule has 0 aromatic heterocycles. The number of hydrogen-bond donors (Lipinski definition) is 1. The summed E-state index contributed by atoms with van der Waals surface area (Å²) in [5.41, 5.74) is 1.45. The SMILES string of the molecule is CCCCC(NCCCN1CCCCC1)c1ccccc1. The van der Waals surface area contributed by atoms with E-state index >= 15 is 0 Å². The summed E-state index contributed by atoms with van der Waals surface area (Å²) in [5.74, 6) is 0. The average molecular weight is 288 g/mol. The Balaban J connectivity index is 1.71. The second-order valence-electron chi connectivity index (χ2n) is 6.32. The molecule has 0 amide bonds. The van der Waals surface area contributed by atoms with Crippen LogP contribution >= 0.6 is 0 Å². The molecule has 1 aromatic rings. The third kappa shape index (κ3) is 6.19. The van der Waals surface area contributed by atoms with Crippen molar-refractivity contribution in [3.8, 4) is 0 Å². The van der Waals surface area contributed by atoms with Crippen LogP contribution < -0.4 is 5.32 Å². The standard InChI is InChI=1S/C19H32N2/c1-2-3-13-19(18-11-6-4-7-12-18)20-14-10-17-21-15-8-5-9-16-21/h4,6-7,11-12,19-20H,2-3,5,8-10,13-17H2,1H3. The largest absolute Gasteiger partial charge is 0.310 e. The molecular formula is C19H32N2. The van der Waals surface area contributed by atoms with E-state index in [1.165, 1.54) is 70.1 Å². The molecule has 1 saturated heterocycles. The molecule has 0 saturated carbocycles. The maximum absolute atomic E-state index is 3.78. The van der Waals surface area contributed by atoms with Crippen molar-refractivity contribution in [3.05, 3.63) is 35.9 Å². The van der Waals surface area contributed by atoms with Crippen molar-refractivity contribution in [2.45, 2.75) is 57.9 Å². The summed E-state index contributed by atoms with van der Waals surface area (Å²) in [5, 5.41) is 3.78. The highest BCUT2D eigenvalue weighted by molar-refractivity contribution is 5.18. The molecule has 0 aliphatic carbocycles. The highest BCUT2D eigenvalue weighted by Gasteiger charge is 2.11. The van der Waals surface area contributed by atoms with Crippen molar-refractivity contribution in [1.82, 2.24) is 10.2 Å². The van der Waals surface area contributed by atoms with E-state index in [9.17, 15) is 0 Å². The van der Waals surface area contributed by atoms with Crippen molar-refractivity contribution < 1.29 is 0 Å². The summed E-state index contributed by atoms with van der Waals surface area (Å²) in [4.78, 5) is 2.63. The van der Waals surface area contributed by atoms with Crippen molar-refractivity contribution in [2.75, 3.05) is 26.2 Å². The van der Waals surface area contributed by atoms with Crippen LogP contribution in [0.25, 0.3) is 0 Å². The normalized spacial score (nSPS) is 17.8. The molecule has 118 valence electrons. The molecule has 1 heterocycles. The van der Waals surface area contributed by atoms with Gasteiger partial charge in [-0.25, -0.2) is 0 Å². The van der Waals surface area contributed by atoms with Crippen LogP contribution in [0.3, 0.4) is 0 Å². The Morgan fingerprint density at radius 1 is 1.05 bits per heavy atom. The first kappa shape index (κ1) is 16.5. The van der Waals surface area contributed by atoms with Gasteiger partial charge in [-0.05, 0) is 57.4 Å². The minimum atomic E-state index is 0.535. The maximum Gasteiger partial charge on any atom is 0.0320 e. The van der Waals surface area contributed by atoms with Gasteiger partial charge in [0.25, 0.3) is 0 Å². The van der Waals surface area contributed by atoms with Gasteiger partial charge in [0.05, 0.1) is 0 Å². The molecule has 21 heavy (non-hydrogen) atoms. The summed E-state index contributed by atoms with van der Waals surface area (Å²) in [7, 11) is 0. The number of unbranched alkanes of at least 4 members (excludes halogenated alkanes) is 1. The Hall–Kier alpha value is -0.860. The van der Waals surface area contributed by atoms with Crippen LogP contribution in [0, 0.1) is 0 Å². The highest BCUT2D eigenvalue weighted by Crippen LogP contribution is 2.19. The van der Waals surface area contributed by atoms with Crippen LogP contribution in [-0.4, -0.2) is 31.1 Å². The number of nitrogens with one attached hydrogen (secondary N) is 1. The first-order valence-corrected chi connectivity index (χ1v) is 8.91. The zero-order valence-electron chi connectivity index (χ0n) is 13.7. The molecule has 2 nitrogen and oxygen atoms in total. The van der Waals surface area contributed by atoms with E-state index in [0.29, 0.717) is 6.04 Å². The molecule has 1 fully saturated rings. The van der Waals surface area contributed by atoms with Gasteiger partial charge in [0.2, 0.25) is 0 Å². The molecule has 1 aromatic carbocycles. The minimum absolute atomic E-state index is 0.535. The van der Waals surface area contributed by atoms with E-state index in [1.807, 2.05) is 0 Å². The van der Waals surface area contributed by atoms with Gasteiger partial charge in [0.15, 0.2) is 0 Å². The van der Waals surface area contributed by atoms with Gasteiger partial charge in [-0.1, -0.05) is 56.5 Å². The third-order valence-corrected chi connectivity index (χ3v) is 4.54. The zero-order chi connectivity index (χ0) is 14.8. The molecule has 1 unspecified atom stereocenters. The van der Waals surface area contributed by atoms with E-state index in [2.05, 4.69) is 47.5 Å². The second-order valence-corrected chi connectivity index (χ2v) is 6.32. The first-order chi connectivity index (χ1) is 10.4. The number of piperidine rings is 1. The summed E-state index contributed by atoms with van der Waals surface area (Å²) in [6.07, 6.45) is 9.34. The van der Waals surface area contributed by atoms with Gasteiger partial charge >= 0.3 is 0 Å². The number of nitrogens with zero attached hydrogens (tertiary/aromatic N) is 1. The van der Waals surface area contributed by atoms with E-state index < -0.39 is 0 Å². The number of rotatable bonds is 9. The van der Waals surface area contributed by atoms with Crippen molar-refractivity contribution in [1.29, 1.82) is 0 Å². The fraction of sp³-hybridized carbons (Fsp3) is 0.684. The minimum Gasteiger partial charge on any atom is -0.310 e. The lowest BCUT2D eigenvalue weighted by Gasteiger charge is -2.27. The molecule has 2 rings (SSSR count). The lowest BCUT2D eigenvalue weighted by atomic mass is 10.0. The molecule has 0 spiro atoms. The van der Waals surface area contributed by atoms with Crippen LogP contribution in [0.5, 0.6) is 0 Å². The predicted octanol–water partition coefficient (Wildman–Crippen LogP) is 4.38. The Labute approximate surface area is 130 Å². The molecule has 2 heteroatoms. The van der Waals surface area contributed by atoms with Crippen LogP contribution in [0.4, 0.5) is 0 Å². The summed E-state index contributed by atoms with van der Waals surface area (Å²) in [6.45, 7) is 7.32. The summed E-state index contributed by atoms with van der Waals surface area (Å²) >= 11 is 0. The molecule has 0 radical (unpaired) electrons.